The lowest BCUT2D eigenvalue weighted by Crippen LogP contribution is -2.23. The predicted octanol–water partition coefficient (Wildman–Crippen LogP) is 4.79. The van der Waals surface area contributed by atoms with Gasteiger partial charge in [-0.05, 0) is 42.5 Å². The van der Waals surface area contributed by atoms with E-state index in [4.69, 9.17) is 9.47 Å². The predicted molar refractivity (Wildman–Crippen MR) is 126 cm³/mol. The van der Waals surface area contributed by atoms with E-state index in [2.05, 4.69) is 15.6 Å². The van der Waals surface area contributed by atoms with Crippen molar-refractivity contribution >= 4 is 22.6 Å². The van der Waals surface area contributed by atoms with Crippen molar-refractivity contribution in [3.63, 3.8) is 0 Å². The highest BCUT2D eigenvalue weighted by molar-refractivity contribution is 5.98. The number of methoxy groups -OCH3 is 2. The van der Waals surface area contributed by atoms with Gasteiger partial charge in [-0.25, -0.2) is 4.98 Å². The van der Waals surface area contributed by atoms with Gasteiger partial charge in [-0.2, -0.15) is 0 Å². The molecule has 0 saturated carbocycles. The number of carbonyl (C=O) groups is 1. The molecule has 0 bridgehead atoms. The van der Waals surface area contributed by atoms with Crippen LogP contribution in [0.25, 0.3) is 10.9 Å². The Morgan fingerprint density at radius 3 is 2.16 bits per heavy atom. The summed E-state index contributed by atoms with van der Waals surface area (Å²) in [6.45, 7) is 0.997. The smallest absolute Gasteiger partial charge is 0.251 e. The second-order valence-corrected chi connectivity index (χ2v) is 7.26. The normalized spacial score (nSPS) is 10.6. The lowest BCUT2D eigenvalue weighted by molar-refractivity contribution is 0.0951. The monoisotopic (exact) mass is 427 g/mol. The highest BCUT2D eigenvalue weighted by atomic mass is 16.5. The Kier molecular flexibility index (Phi) is 6.51. The molecule has 0 fully saturated rings. The third-order valence-electron chi connectivity index (χ3n) is 5.24. The number of hydrogen-bond acceptors (Lipinski definition) is 5. The molecule has 0 radical (unpaired) electrons. The molecule has 0 saturated heterocycles. The van der Waals surface area contributed by atoms with E-state index < -0.39 is 0 Å². The number of pyridine rings is 1. The molecule has 162 valence electrons. The van der Waals surface area contributed by atoms with Crippen LogP contribution in [-0.2, 0) is 13.1 Å². The number of fused-ring (bicyclic) bond motifs is 1. The van der Waals surface area contributed by atoms with Crippen LogP contribution in [0.15, 0.2) is 78.9 Å². The third kappa shape index (κ3) is 4.81. The summed E-state index contributed by atoms with van der Waals surface area (Å²) >= 11 is 0. The van der Waals surface area contributed by atoms with Gasteiger partial charge in [-0.3, -0.25) is 4.79 Å². The Labute approximate surface area is 187 Å². The zero-order valence-electron chi connectivity index (χ0n) is 18.1. The van der Waals surface area contributed by atoms with Gasteiger partial charge in [0.2, 0.25) is 0 Å². The van der Waals surface area contributed by atoms with Gasteiger partial charge >= 0.3 is 0 Å². The minimum absolute atomic E-state index is 0.142. The maximum absolute atomic E-state index is 12.7. The highest BCUT2D eigenvalue weighted by Gasteiger charge is 2.09. The number of benzene rings is 3. The second-order valence-electron chi connectivity index (χ2n) is 7.26. The standard InChI is InChI=1S/C26H25N3O3/c1-31-23-9-5-3-7-20(23)16-27-25-14-12-18-15-19(11-13-22(18)29-25)26(30)28-17-21-8-4-6-10-24(21)32-2/h3-15H,16-17H2,1-2H3,(H,27,29)(H,28,30). The van der Waals surface area contributed by atoms with Crippen molar-refractivity contribution in [2.45, 2.75) is 13.1 Å². The first-order valence-corrected chi connectivity index (χ1v) is 10.3. The van der Waals surface area contributed by atoms with E-state index in [-0.39, 0.29) is 5.91 Å². The van der Waals surface area contributed by atoms with Crippen LogP contribution < -0.4 is 20.1 Å². The van der Waals surface area contributed by atoms with E-state index in [1.807, 2.05) is 72.8 Å². The van der Waals surface area contributed by atoms with Crippen molar-refractivity contribution in [3.05, 3.63) is 95.6 Å². The van der Waals surface area contributed by atoms with Crippen molar-refractivity contribution < 1.29 is 14.3 Å². The highest BCUT2D eigenvalue weighted by Crippen LogP contribution is 2.21. The lowest BCUT2D eigenvalue weighted by atomic mass is 10.1. The molecule has 32 heavy (non-hydrogen) atoms. The van der Waals surface area contributed by atoms with Gasteiger partial charge in [0, 0.05) is 35.2 Å². The Morgan fingerprint density at radius 1 is 0.812 bits per heavy atom. The molecule has 0 spiro atoms. The van der Waals surface area contributed by atoms with Crippen LogP contribution in [0, 0.1) is 0 Å². The topological polar surface area (TPSA) is 72.5 Å². The first-order chi connectivity index (χ1) is 15.7. The molecule has 0 aliphatic rings. The minimum atomic E-state index is -0.142. The molecule has 1 heterocycles. The Hall–Kier alpha value is -4.06. The molecule has 4 aromatic rings. The SMILES string of the molecule is COc1ccccc1CNC(=O)c1ccc2nc(NCc3ccccc3OC)ccc2c1. The van der Waals surface area contributed by atoms with E-state index in [0.29, 0.717) is 18.7 Å². The number of amides is 1. The molecule has 1 aromatic heterocycles. The third-order valence-corrected chi connectivity index (χ3v) is 5.24. The Bertz CT molecular complexity index is 1240. The summed E-state index contributed by atoms with van der Waals surface area (Å²) in [5.74, 6) is 2.21. The van der Waals surface area contributed by atoms with Gasteiger partial charge in [-0.1, -0.05) is 36.4 Å². The number of rotatable bonds is 8. The summed E-state index contributed by atoms with van der Waals surface area (Å²) in [7, 11) is 3.29. The average molecular weight is 428 g/mol. The van der Waals surface area contributed by atoms with Gasteiger partial charge in [-0.15, -0.1) is 0 Å². The molecule has 6 nitrogen and oxygen atoms in total. The Balaban J connectivity index is 1.43. The molecule has 0 aliphatic heterocycles. The van der Waals surface area contributed by atoms with Crippen LogP contribution >= 0.6 is 0 Å². The maximum atomic E-state index is 12.7. The molecule has 6 heteroatoms. The zero-order valence-corrected chi connectivity index (χ0v) is 18.1. The van der Waals surface area contributed by atoms with Crippen LogP contribution in [0.2, 0.25) is 0 Å². The van der Waals surface area contributed by atoms with Gasteiger partial charge in [0.15, 0.2) is 0 Å². The summed E-state index contributed by atoms with van der Waals surface area (Å²) in [5.41, 5.74) is 3.38. The van der Waals surface area contributed by atoms with Gasteiger partial charge in [0.1, 0.15) is 17.3 Å². The number of nitrogens with one attached hydrogen (secondary N) is 2. The van der Waals surface area contributed by atoms with E-state index in [1.54, 1.807) is 20.3 Å². The second kappa shape index (κ2) is 9.83. The summed E-state index contributed by atoms with van der Waals surface area (Å²) in [6, 6.07) is 24.9. The fourth-order valence-electron chi connectivity index (χ4n) is 3.53. The summed E-state index contributed by atoms with van der Waals surface area (Å²) in [4.78, 5) is 17.3. The van der Waals surface area contributed by atoms with Gasteiger partial charge in [0.05, 0.1) is 19.7 Å². The quantitative estimate of drug-likeness (QED) is 0.423. The van der Waals surface area contributed by atoms with Crippen LogP contribution in [0.1, 0.15) is 21.5 Å². The minimum Gasteiger partial charge on any atom is -0.496 e. The van der Waals surface area contributed by atoms with E-state index in [9.17, 15) is 4.79 Å². The van der Waals surface area contributed by atoms with Crippen LogP contribution in [0.3, 0.4) is 0 Å². The number of anilines is 1. The molecular weight excluding hydrogens is 402 g/mol. The van der Waals surface area contributed by atoms with Crippen LogP contribution in [0.4, 0.5) is 5.82 Å². The fraction of sp³-hybridized carbons (Fsp3) is 0.154. The molecular formula is C26H25N3O3. The van der Waals surface area contributed by atoms with Crippen molar-refractivity contribution in [3.8, 4) is 11.5 Å². The van der Waals surface area contributed by atoms with Crippen LogP contribution in [-0.4, -0.2) is 25.1 Å². The number of aromatic nitrogens is 1. The van der Waals surface area contributed by atoms with Gasteiger partial charge in [0.25, 0.3) is 5.91 Å². The van der Waals surface area contributed by atoms with Gasteiger partial charge < -0.3 is 20.1 Å². The molecule has 4 rings (SSSR count). The van der Waals surface area contributed by atoms with Crippen LogP contribution in [0.5, 0.6) is 11.5 Å². The molecule has 3 aromatic carbocycles. The first-order valence-electron chi connectivity index (χ1n) is 10.3. The number of para-hydroxylation sites is 2. The molecule has 2 N–H and O–H groups in total. The largest absolute Gasteiger partial charge is 0.496 e. The van der Waals surface area contributed by atoms with Crippen molar-refractivity contribution in [2.75, 3.05) is 19.5 Å². The maximum Gasteiger partial charge on any atom is 0.251 e. The van der Waals surface area contributed by atoms with E-state index in [1.165, 1.54) is 0 Å². The fourth-order valence-corrected chi connectivity index (χ4v) is 3.53. The van der Waals surface area contributed by atoms with Crippen molar-refractivity contribution in [1.82, 2.24) is 10.3 Å². The Morgan fingerprint density at radius 2 is 1.47 bits per heavy atom. The number of nitrogens with zero attached hydrogens (tertiary/aromatic N) is 1. The summed E-state index contributed by atoms with van der Waals surface area (Å²) < 4.78 is 10.7. The number of hydrogen-bond donors (Lipinski definition) is 2. The summed E-state index contributed by atoms with van der Waals surface area (Å²) in [6.07, 6.45) is 0. The summed E-state index contributed by atoms with van der Waals surface area (Å²) in [5, 5.41) is 7.18. The number of ether oxygens (including phenoxy) is 2. The first kappa shape index (κ1) is 21.2. The average Bonchev–Trinajstić information content (AvgIpc) is 2.85. The molecule has 0 aliphatic carbocycles. The molecule has 1 amide bonds. The van der Waals surface area contributed by atoms with E-state index in [0.717, 1.165) is 39.3 Å². The molecule has 0 unspecified atom stereocenters. The van der Waals surface area contributed by atoms with E-state index >= 15 is 0 Å². The number of carbonyl (C=O) groups excluding carboxylic acids is 1. The van der Waals surface area contributed by atoms with Crippen molar-refractivity contribution in [1.29, 1.82) is 0 Å². The molecule has 0 atom stereocenters. The lowest BCUT2D eigenvalue weighted by Gasteiger charge is -2.11. The van der Waals surface area contributed by atoms with Crippen molar-refractivity contribution in [2.24, 2.45) is 0 Å². The zero-order chi connectivity index (χ0) is 22.3.